The van der Waals surface area contributed by atoms with Crippen molar-refractivity contribution in [3.63, 3.8) is 0 Å². The Bertz CT molecular complexity index is 652. The van der Waals surface area contributed by atoms with Crippen molar-refractivity contribution in [2.24, 2.45) is 0 Å². The van der Waals surface area contributed by atoms with Crippen molar-refractivity contribution in [1.82, 2.24) is 9.97 Å². The summed E-state index contributed by atoms with van der Waals surface area (Å²) in [5, 5.41) is 2.62. The summed E-state index contributed by atoms with van der Waals surface area (Å²) in [6.07, 6.45) is 1.60. The predicted molar refractivity (Wildman–Crippen MR) is 71.7 cm³/mol. The lowest BCUT2D eigenvalue weighted by Crippen LogP contribution is -2.23. The molecule has 0 saturated heterocycles. The molecule has 0 spiro atoms. The van der Waals surface area contributed by atoms with E-state index in [0.29, 0.717) is 16.0 Å². The molecular formula is C12H10BrN3O2. The minimum Gasteiger partial charge on any atom is -0.326 e. The molecule has 2 heterocycles. The molecule has 0 radical (unpaired) electrons. The van der Waals surface area contributed by atoms with Crippen LogP contribution in [0.1, 0.15) is 16.1 Å². The monoisotopic (exact) mass is 307 g/mol. The third-order valence-electron chi connectivity index (χ3n) is 2.31. The number of hydrogen-bond donors (Lipinski definition) is 2. The van der Waals surface area contributed by atoms with Gasteiger partial charge >= 0.3 is 0 Å². The number of nitrogens with zero attached hydrogens (tertiary/aromatic N) is 1. The van der Waals surface area contributed by atoms with Gasteiger partial charge in [-0.05, 0) is 47.1 Å². The number of amides is 1. The Balaban J connectivity index is 2.28. The highest BCUT2D eigenvalue weighted by Crippen LogP contribution is 2.18. The molecular weight excluding hydrogens is 298 g/mol. The van der Waals surface area contributed by atoms with Gasteiger partial charge in [-0.2, -0.15) is 0 Å². The number of carbonyl (C=O) groups is 1. The summed E-state index contributed by atoms with van der Waals surface area (Å²) in [4.78, 5) is 30.1. The van der Waals surface area contributed by atoms with E-state index in [2.05, 4.69) is 31.2 Å². The zero-order chi connectivity index (χ0) is 13.1. The normalized spacial score (nSPS) is 10.1. The van der Waals surface area contributed by atoms with Gasteiger partial charge in [-0.1, -0.05) is 0 Å². The minimum absolute atomic E-state index is 0.0661. The maximum absolute atomic E-state index is 11.9. The summed E-state index contributed by atoms with van der Waals surface area (Å²) in [7, 11) is 0. The quantitative estimate of drug-likeness (QED) is 0.834. The number of hydrogen-bond acceptors (Lipinski definition) is 3. The van der Waals surface area contributed by atoms with Gasteiger partial charge in [0.2, 0.25) is 0 Å². The number of aryl methyl sites for hydroxylation is 1. The van der Waals surface area contributed by atoms with Crippen LogP contribution in [0.25, 0.3) is 0 Å². The highest BCUT2D eigenvalue weighted by atomic mass is 79.9. The van der Waals surface area contributed by atoms with Gasteiger partial charge in [0.25, 0.3) is 11.5 Å². The van der Waals surface area contributed by atoms with Crippen LogP contribution in [0.5, 0.6) is 0 Å². The van der Waals surface area contributed by atoms with Crippen molar-refractivity contribution in [3.8, 4) is 0 Å². The van der Waals surface area contributed by atoms with Crippen LogP contribution in [0.4, 0.5) is 5.69 Å². The van der Waals surface area contributed by atoms with E-state index in [1.54, 1.807) is 31.3 Å². The lowest BCUT2D eigenvalue weighted by molar-refractivity contribution is 0.102. The number of rotatable bonds is 2. The molecule has 2 aromatic rings. The van der Waals surface area contributed by atoms with Gasteiger partial charge in [-0.3, -0.25) is 9.59 Å². The molecule has 18 heavy (non-hydrogen) atoms. The number of nitrogens with one attached hydrogen (secondary N) is 2. The summed E-state index contributed by atoms with van der Waals surface area (Å²) >= 11 is 3.22. The van der Waals surface area contributed by atoms with Crippen LogP contribution < -0.4 is 10.9 Å². The van der Waals surface area contributed by atoms with Crippen molar-refractivity contribution in [2.75, 3.05) is 5.32 Å². The molecule has 5 nitrogen and oxygen atoms in total. The molecule has 6 heteroatoms. The summed E-state index contributed by atoms with van der Waals surface area (Å²) in [6.45, 7) is 1.75. The van der Waals surface area contributed by atoms with Crippen molar-refractivity contribution in [2.45, 2.75) is 6.92 Å². The van der Waals surface area contributed by atoms with Gasteiger partial charge in [0.05, 0.1) is 5.69 Å². The lowest BCUT2D eigenvalue weighted by atomic mass is 10.2. The molecule has 92 valence electrons. The molecule has 2 N–H and O–H groups in total. The number of halogens is 1. The van der Waals surface area contributed by atoms with Gasteiger partial charge in [-0.15, -0.1) is 0 Å². The number of aromatic nitrogens is 2. The van der Waals surface area contributed by atoms with Crippen LogP contribution in [0.2, 0.25) is 0 Å². The standard InChI is InChI=1S/C12H10BrN3O2/c1-7-4-5-8(11(17)15-7)12(18)16-9-3-2-6-14-10(9)13/h2-6H,1H3,(H,15,17)(H,16,18). The maximum Gasteiger partial charge on any atom is 0.261 e. The van der Waals surface area contributed by atoms with Crippen molar-refractivity contribution in [1.29, 1.82) is 0 Å². The number of pyridine rings is 2. The first-order chi connectivity index (χ1) is 8.58. The first-order valence-electron chi connectivity index (χ1n) is 5.20. The smallest absolute Gasteiger partial charge is 0.261 e. The molecule has 0 aromatic carbocycles. The van der Waals surface area contributed by atoms with Gasteiger partial charge in [0.15, 0.2) is 0 Å². The van der Waals surface area contributed by atoms with E-state index in [-0.39, 0.29) is 5.56 Å². The Hall–Kier alpha value is -1.95. The number of carbonyl (C=O) groups excluding carboxylic acids is 1. The summed E-state index contributed by atoms with van der Waals surface area (Å²) < 4.78 is 0.516. The second kappa shape index (κ2) is 5.14. The fourth-order valence-corrected chi connectivity index (χ4v) is 1.77. The van der Waals surface area contributed by atoms with Gasteiger partial charge in [-0.25, -0.2) is 4.98 Å². The largest absolute Gasteiger partial charge is 0.326 e. The molecule has 0 aliphatic heterocycles. The van der Waals surface area contributed by atoms with Crippen LogP contribution in [-0.4, -0.2) is 15.9 Å². The van der Waals surface area contributed by atoms with Crippen LogP contribution in [0.15, 0.2) is 39.9 Å². The minimum atomic E-state index is -0.468. The zero-order valence-electron chi connectivity index (χ0n) is 9.53. The summed E-state index contributed by atoms with van der Waals surface area (Å²) in [5.41, 5.74) is 0.880. The molecule has 0 fully saturated rings. The van der Waals surface area contributed by atoms with Gasteiger partial charge in [0, 0.05) is 11.9 Å². The van der Waals surface area contributed by atoms with Crippen LogP contribution in [0.3, 0.4) is 0 Å². The van der Waals surface area contributed by atoms with E-state index in [9.17, 15) is 9.59 Å². The first kappa shape index (κ1) is 12.5. The van der Waals surface area contributed by atoms with E-state index < -0.39 is 11.5 Å². The van der Waals surface area contributed by atoms with E-state index >= 15 is 0 Å². The summed E-state index contributed by atoms with van der Waals surface area (Å²) in [6, 6.07) is 6.56. The molecule has 0 unspecified atom stereocenters. The Morgan fingerprint density at radius 2 is 2.17 bits per heavy atom. The Labute approximate surface area is 111 Å². The van der Waals surface area contributed by atoms with E-state index in [4.69, 9.17) is 0 Å². The molecule has 2 aromatic heterocycles. The molecule has 2 rings (SSSR count). The van der Waals surface area contributed by atoms with Crippen LogP contribution in [-0.2, 0) is 0 Å². The van der Waals surface area contributed by atoms with Gasteiger partial charge in [0.1, 0.15) is 10.2 Å². The highest BCUT2D eigenvalue weighted by Gasteiger charge is 2.12. The molecule has 0 bridgehead atoms. The number of aromatic amines is 1. The zero-order valence-corrected chi connectivity index (χ0v) is 11.1. The van der Waals surface area contributed by atoms with E-state index in [1.807, 2.05) is 0 Å². The average Bonchev–Trinajstić information content (AvgIpc) is 2.32. The van der Waals surface area contributed by atoms with Crippen molar-refractivity contribution in [3.05, 3.63) is 56.7 Å². The van der Waals surface area contributed by atoms with E-state index in [1.165, 1.54) is 6.07 Å². The van der Waals surface area contributed by atoms with Gasteiger partial charge < -0.3 is 10.3 Å². The SMILES string of the molecule is Cc1ccc(C(=O)Nc2cccnc2Br)c(=O)[nH]1. The second-order valence-electron chi connectivity index (χ2n) is 3.68. The Kier molecular flexibility index (Phi) is 3.57. The van der Waals surface area contributed by atoms with E-state index in [0.717, 1.165) is 0 Å². The Morgan fingerprint density at radius 1 is 1.39 bits per heavy atom. The average molecular weight is 308 g/mol. The molecule has 0 saturated carbocycles. The fraction of sp³-hybridized carbons (Fsp3) is 0.0833. The number of anilines is 1. The first-order valence-corrected chi connectivity index (χ1v) is 5.99. The molecule has 0 aliphatic rings. The lowest BCUT2D eigenvalue weighted by Gasteiger charge is -2.06. The molecule has 1 amide bonds. The maximum atomic E-state index is 11.9. The van der Waals surface area contributed by atoms with Crippen molar-refractivity contribution >= 4 is 27.5 Å². The highest BCUT2D eigenvalue weighted by molar-refractivity contribution is 9.10. The van der Waals surface area contributed by atoms with Crippen molar-refractivity contribution < 1.29 is 4.79 Å². The summed E-state index contributed by atoms with van der Waals surface area (Å²) in [5.74, 6) is -0.468. The fourth-order valence-electron chi connectivity index (χ4n) is 1.42. The molecule has 0 aliphatic carbocycles. The number of H-pyrrole nitrogens is 1. The predicted octanol–water partition coefficient (Wildman–Crippen LogP) is 2.09. The van der Waals surface area contributed by atoms with Crippen LogP contribution in [0, 0.1) is 6.92 Å². The molecule has 0 atom stereocenters. The third-order valence-corrected chi connectivity index (χ3v) is 2.94. The second-order valence-corrected chi connectivity index (χ2v) is 4.43. The van der Waals surface area contributed by atoms with Crippen LogP contribution >= 0.6 is 15.9 Å². The third kappa shape index (κ3) is 2.65. The topological polar surface area (TPSA) is 74.8 Å². The Morgan fingerprint density at radius 3 is 2.83 bits per heavy atom.